The van der Waals surface area contributed by atoms with Gasteiger partial charge in [-0.3, -0.25) is 4.68 Å². The molecule has 0 radical (unpaired) electrons. The Morgan fingerprint density at radius 1 is 1.29 bits per heavy atom. The van der Waals surface area contributed by atoms with E-state index in [2.05, 4.69) is 48.9 Å². The number of hydrogen-bond donors (Lipinski definition) is 1. The van der Waals surface area contributed by atoms with Crippen molar-refractivity contribution in [2.45, 2.75) is 59.5 Å². The van der Waals surface area contributed by atoms with Crippen LogP contribution in [0, 0.1) is 5.92 Å². The van der Waals surface area contributed by atoms with Gasteiger partial charge in [-0.2, -0.15) is 5.10 Å². The Hall–Kier alpha value is -0.830. The van der Waals surface area contributed by atoms with Crippen molar-refractivity contribution in [1.29, 1.82) is 0 Å². The second kappa shape index (κ2) is 7.49. The first kappa shape index (κ1) is 14.2. The van der Waals surface area contributed by atoms with Gasteiger partial charge in [0.15, 0.2) is 0 Å². The van der Waals surface area contributed by atoms with Crippen LogP contribution in [0.25, 0.3) is 0 Å². The molecule has 1 heterocycles. The number of aromatic nitrogens is 2. The van der Waals surface area contributed by atoms with Crippen molar-refractivity contribution in [3.05, 3.63) is 18.0 Å². The lowest BCUT2D eigenvalue weighted by Crippen LogP contribution is -2.29. The summed E-state index contributed by atoms with van der Waals surface area (Å²) >= 11 is 0. The van der Waals surface area contributed by atoms with Gasteiger partial charge in [0.25, 0.3) is 0 Å². The van der Waals surface area contributed by atoms with Crippen LogP contribution in [0.3, 0.4) is 0 Å². The number of aryl methyl sites for hydroxylation is 1. The Bertz CT molecular complexity index is 306. The molecule has 2 unspecified atom stereocenters. The Morgan fingerprint density at radius 3 is 2.65 bits per heavy atom. The molecule has 0 aliphatic heterocycles. The van der Waals surface area contributed by atoms with E-state index in [0.29, 0.717) is 12.0 Å². The van der Waals surface area contributed by atoms with Gasteiger partial charge in [0.2, 0.25) is 0 Å². The minimum absolute atomic E-state index is 0.439. The van der Waals surface area contributed by atoms with E-state index < -0.39 is 0 Å². The summed E-state index contributed by atoms with van der Waals surface area (Å²) in [6, 6.07) is 2.60. The van der Waals surface area contributed by atoms with Crippen LogP contribution in [0.4, 0.5) is 0 Å². The first-order valence-corrected chi connectivity index (χ1v) is 6.99. The van der Waals surface area contributed by atoms with Gasteiger partial charge >= 0.3 is 0 Å². The number of nitrogens with zero attached hydrogens (tertiary/aromatic N) is 2. The van der Waals surface area contributed by atoms with E-state index in [4.69, 9.17) is 0 Å². The molecule has 0 spiro atoms. The molecule has 0 saturated carbocycles. The predicted octanol–water partition coefficient (Wildman–Crippen LogP) is 3.38. The maximum Gasteiger partial charge on any atom is 0.0556 e. The van der Waals surface area contributed by atoms with E-state index in [9.17, 15) is 0 Å². The van der Waals surface area contributed by atoms with Crippen LogP contribution in [0.5, 0.6) is 0 Å². The predicted molar refractivity (Wildman–Crippen MR) is 73.0 cm³/mol. The fraction of sp³-hybridized carbons (Fsp3) is 0.786. The molecule has 0 bridgehead atoms. The normalized spacial score (nSPS) is 14.8. The van der Waals surface area contributed by atoms with Crippen molar-refractivity contribution in [3.8, 4) is 0 Å². The van der Waals surface area contributed by atoms with Gasteiger partial charge in [-0.1, -0.05) is 34.1 Å². The van der Waals surface area contributed by atoms with Crippen molar-refractivity contribution in [3.63, 3.8) is 0 Å². The smallest absolute Gasteiger partial charge is 0.0556 e. The maximum atomic E-state index is 4.43. The van der Waals surface area contributed by atoms with E-state index in [1.165, 1.54) is 18.5 Å². The molecule has 0 aromatic carbocycles. The molecule has 3 nitrogen and oxygen atoms in total. The molecular weight excluding hydrogens is 210 g/mol. The second-order valence-electron chi connectivity index (χ2n) is 4.80. The van der Waals surface area contributed by atoms with Crippen LogP contribution in [0.1, 0.15) is 58.7 Å². The van der Waals surface area contributed by atoms with Crippen molar-refractivity contribution < 1.29 is 0 Å². The van der Waals surface area contributed by atoms with Crippen molar-refractivity contribution in [1.82, 2.24) is 15.1 Å². The summed E-state index contributed by atoms with van der Waals surface area (Å²) in [6.07, 6.45) is 5.43. The highest BCUT2D eigenvalue weighted by Crippen LogP contribution is 2.24. The first-order valence-electron chi connectivity index (χ1n) is 6.99. The summed E-state index contributed by atoms with van der Waals surface area (Å²) in [6.45, 7) is 11.1. The Labute approximate surface area is 106 Å². The van der Waals surface area contributed by atoms with E-state index in [0.717, 1.165) is 19.5 Å². The van der Waals surface area contributed by atoms with Crippen molar-refractivity contribution >= 4 is 0 Å². The molecule has 0 aliphatic carbocycles. The maximum absolute atomic E-state index is 4.43. The first-order chi connectivity index (χ1) is 8.24. The molecule has 3 heteroatoms. The van der Waals surface area contributed by atoms with Gasteiger partial charge in [0.1, 0.15) is 0 Å². The highest BCUT2D eigenvalue weighted by Gasteiger charge is 2.20. The van der Waals surface area contributed by atoms with Crippen molar-refractivity contribution in [2.24, 2.45) is 5.92 Å². The summed E-state index contributed by atoms with van der Waals surface area (Å²) in [5.74, 6) is 0.647. The minimum atomic E-state index is 0.439. The summed E-state index contributed by atoms with van der Waals surface area (Å²) in [4.78, 5) is 0. The molecule has 98 valence electrons. The van der Waals surface area contributed by atoms with Gasteiger partial charge in [-0.05, 0) is 31.4 Å². The molecule has 0 saturated heterocycles. The standard InChI is InChI=1S/C14H27N3/c1-5-9-15-14(12(4)7-3)13-8-10-16-17(13)11-6-2/h8,10,12,14-15H,5-7,9,11H2,1-4H3. The van der Waals surface area contributed by atoms with Gasteiger partial charge in [-0.25, -0.2) is 0 Å². The molecule has 1 rings (SSSR count). The van der Waals surface area contributed by atoms with Gasteiger partial charge in [0, 0.05) is 12.7 Å². The van der Waals surface area contributed by atoms with Gasteiger partial charge in [-0.15, -0.1) is 0 Å². The lowest BCUT2D eigenvalue weighted by Gasteiger charge is -2.25. The second-order valence-corrected chi connectivity index (χ2v) is 4.80. The molecule has 1 aromatic rings. The Balaban J connectivity index is 2.83. The van der Waals surface area contributed by atoms with Crippen molar-refractivity contribution in [2.75, 3.05) is 6.54 Å². The number of rotatable bonds is 8. The molecule has 2 atom stereocenters. The molecule has 0 fully saturated rings. The van der Waals surface area contributed by atoms with Crippen LogP contribution in [-0.4, -0.2) is 16.3 Å². The molecule has 0 amide bonds. The van der Waals surface area contributed by atoms with E-state index in [1.807, 2.05) is 6.20 Å². The van der Waals surface area contributed by atoms with Crippen LogP contribution in [0.15, 0.2) is 12.3 Å². The third-order valence-electron chi connectivity index (χ3n) is 3.33. The van der Waals surface area contributed by atoms with Crippen LogP contribution < -0.4 is 5.32 Å². The molecule has 17 heavy (non-hydrogen) atoms. The SMILES string of the molecule is CCCNC(c1ccnn1CCC)C(C)CC. The highest BCUT2D eigenvalue weighted by atomic mass is 15.3. The third-order valence-corrected chi connectivity index (χ3v) is 3.33. The summed E-state index contributed by atoms with van der Waals surface area (Å²) in [5, 5.41) is 8.09. The molecule has 0 aliphatic rings. The van der Waals surface area contributed by atoms with Crippen LogP contribution >= 0.6 is 0 Å². The molecular formula is C14H27N3. The summed E-state index contributed by atoms with van der Waals surface area (Å²) < 4.78 is 2.15. The Morgan fingerprint density at radius 2 is 2.06 bits per heavy atom. The third kappa shape index (κ3) is 3.84. The van der Waals surface area contributed by atoms with E-state index in [1.54, 1.807) is 0 Å². The monoisotopic (exact) mass is 237 g/mol. The minimum Gasteiger partial charge on any atom is -0.308 e. The zero-order valence-electron chi connectivity index (χ0n) is 11.7. The quantitative estimate of drug-likeness (QED) is 0.751. The number of nitrogens with one attached hydrogen (secondary N) is 1. The lowest BCUT2D eigenvalue weighted by atomic mass is 9.96. The van der Waals surface area contributed by atoms with E-state index in [-0.39, 0.29) is 0 Å². The largest absolute Gasteiger partial charge is 0.308 e. The topological polar surface area (TPSA) is 29.9 Å². The van der Waals surface area contributed by atoms with Gasteiger partial charge < -0.3 is 5.32 Å². The Kier molecular flexibility index (Phi) is 6.27. The zero-order valence-corrected chi connectivity index (χ0v) is 11.7. The molecule has 1 aromatic heterocycles. The molecule has 1 N–H and O–H groups in total. The number of hydrogen-bond acceptors (Lipinski definition) is 2. The summed E-state index contributed by atoms with van der Waals surface area (Å²) in [7, 11) is 0. The average molecular weight is 237 g/mol. The fourth-order valence-electron chi connectivity index (χ4n) is 2.14. The average Bonchev–Trinajstić information content (AvgIpc) is 2.78. The van der Waals surface area contributed by atoms with E-state index >= 15 is 0 Å². The fourth-order valence-corrected chi connectivity index (χ4v) is 2.14. The zero-order chi connectivity index (χ0) is 12.7. The van der Waals surface area contributed by atoms with Crippen LogP contribution in [0.2, 0.25) is 0 Å². The highest BCUT2D eigenvalue weighted by molar-refractivity contribution is 5.08. The van der Waals surface area contributed by atoms with Crippen LogP contribution in [-0.2, 0) is 6.54 Å². The lowest BCUT2D eigenvalue weighted by molar-refractivity contribution is 0.352. The summed E-state index contributed by atoms with van der Waals surface area (Å²) in [5.41, 5.74) is 1.34. The van der Waals surface area contributed by atoms with Gasteiger partial charge in [0.05, 0.1) is 11.7 Å².